The number of hydrogen-bond acceptors (Lipinski definition) is 4. The summed E-state index contributed by atoms with van der Waals surface area (Å²) in [5, 5.41) is 15.0. The zero-order valence-corrected chi connectivity index (χ0v) is 16.2. The van der Waals surface area contributed by atoms with Crippen LogP contribution in [0.2, 0.25) is 0 Å². The molecule has 2 unspecified atom stereocenters. The van der Waals surface area contributed by atoms with E-state index in [4.69, 9.17) is 4.74 Å². The number of nitrogens with zero attached hydrogens (tertiary/aromatic N) is 1. The van der Waals surface area contributed by atoms with E-state index < -0.39 is 23.8 Å². The zero-order valence-electron chi connectivity index (χ0n) is 16.2. The highest BCUT2D eigenvalue weighted by Crippen LogP contribution is 2.31. The van der Waals surface area contributed by atoms with Crippen LogP contribution in [0.1, 0.15) is 28.9 Å². The van der Waals surface area contributed by atoms with Gasteiger partial charge in [0, 0.05) is 18.7 Å². The smallest absolute Gasteiger partial charge is 0.322 e. The highest BCUT2D eigenvalue weighted by atomic mass is 16.5. The van der Waals surface area contributed by atoms with Gasteiger partial charge in [0.2, 0.25) is 0 Å². The average Bonchev–Trinajstić information content (AvgIpc) is 3.17. The van der Waals surface area contributed by atoms with E-state index in [0.29, 0.717) is 35.7 Å². The molecule has 0 saturated carbocycles. The molecular formula is C21H23N3O5. The number of ether oxygens (including phenoxy) is 1. The van der Waals surface area contributed by atoms with Crippen molar-refractivity contribution in [2.24, 2.45) is 5.92 Å². The number of benzene rings is 2. The Kier molecular flexibility index (Phi) is 6.01. The summed E-state index contributed by atoms with van der Waals surface area (Å²) >= 11 is 0. The molecule has 0 radical (unpaired) electrons. The second-order valence-corrected chi connectivity index (χ2v) is 6.76. The molecule has 0 spiro atoms. The first-order valence-electron chi connectivity index (χ1n) is 9.24. The minimum atomic E-state index is -1.01. The van der Waals surface area contributed by atoms with Crippen LogP contribution in [0.3, 0.4) is 0 Å². The van der Waals surface area contributed by atoms with Crippen LogP contribution in [0, 0.1) is 5.92 Å². The fraction of sp³-hybridized carbons (Fsp3) is 0.286. The molecule has 1 aliphatic heterocycles. The molecule has 0 aromatic heterocycles. The van der Waals surface area contributed by atoms with Gasteiger partial charge < -0.3 is 20.5 Å². The van der Waals surface area contributed by atoms with Crippen molar-refractivity contribution < 1.29 is 24.2 Å². The predicted molar refractivity (Wildman–Crippen MR) is 107 cm³/mol. The van der Waals surface area contributed by atoms with Gasteiger partial charge >= 0.3 is 12.0 Å². The molecule has 1 saturated heterocycles. The van der Waals surface area contributed by atoms with Gasteiger partial charge in [-0.25, -0.2) is 4.79 Å². The fourth-order valence-corrected chi connectivity index (χ4v) is 3.27. The maximum Gasteiger partial charge on any atom is 0.322 e. The monoisotopic (exact) mass is 397 g/mol. The molecule has 29 heavy (non-hydrogen) atoms. The molecule has 2 aromatic carbocycles. The second-order valence-electron chi connectivity index (χ2n) is 6.76. The molecule has 2 aromatic rings. The number of amides is 3. The molecular weight excluding hydrogens is 374 g/mol. The zero-order chi connectivity index (χ0) is 21.0. The van der Waals surface area contributed by atoms with Gasteiger partial charge in [-0.3, -0.25) is 14.5 Å². The third-order valence-corrected chi connectivity index (χ3v) is 4.92. The summed E-state index contributed by atoms with van der Waals surface area (Å²) < 4.78 is 5.33. The van der Waals surface area contributed by atoms with Crippen LogP contribution in [0.15, 0.2) is 48.5 Å². The van der Waals surface area contributed by atoms with Crippen molar-refractivity contribution in [1.82, 2.24) is 10.6 Å². The van der Waals surface area contributed by atoms with Crippen molar-refractivity contribution in [2.75, 3.05) is 25.1 Å². The summed E-state index contributed by atoms with van der Waals surface area (Å²) in [6.45, 7) is 2.52. The van der Waals surface area contributed by atoms with E-state index in [2.05, 4.69) is 10.6 Å². The first-order valence-corrected chi connectivity index (χ1v) is 9.24. The van der Waals surface area contributed by atoms with Crippen LogP contribution in [0.5, 0.6) is 5.75 Å². The van der Waals surface area contributed by atoms with Crippen LogP contribution in [0.4, 0.5) is 10.5 Å². The lowest BCUT2D eigenvalue weighted by atomic mass is 9.94. The number of carboxylic acid groups (broad SMARTS) is 1. The van der Waals surface area contributed by atoms with Crippen molar-refractivity contribution in [2.45, 2.75) is 13.0 Å². The number of rotatable bonds is 7. The predicted octanol–water partition coefficient (Wildman–Crippen LogP) is 2.42. The number of carboxylic acids is 1. The van der Waals surface area contributed by atoms with Crippen molar-refractivity contribution in [3.05, 3.63) is 59.7 Å². The van der Waals surface area contributed by atoms with Gasteiger partial charge in [-0.1, -0.05) is 30.3 Å². The number of carbonyl (C=O) groups excluding carboxylic acids is 2. The Hall–Kier alpha value is -3.55. The van der Waals surface area contributed by atoms with Gasteiger partial charge in [-0.2, -0.15) is 0 Å². The van der Waals surface area contributed by atoms with E-state index in [1.807, 2.05) is 6.07 Å². The van der Waals surface area contributed by atoms with Crippen molar-refractivity contribution >= 4 is 23.6 Å². The van der Waals surface area contributed by atoms with E-state index in [-0.39, 0.29) is 6.03 Å². The Morgan fingerprint density at radius 1 is 1.21 bits per heavy atom. The molecule has 1 heterocycles. The third-order valence-electron chi connectivity index (χ3n) is 4.92. The largest absolute Gasteiger partial charge is 0.495 e. The van der Waals surface area contributed by atoms with Crippen LogP contribution in [-0.4, -0.2) is 43.2 Å². The number of hydrogen-bond donors (Lipinski definition) is 3. The van der Waals surface area contributed by atoms with Crippen molar-refractivity contribution in [1.29, 1.82) is 0 Å². The maximum atomic E-state index is 12.9. The quantitative estimate of drug-likeness (QED) is 0.665. The Labute approximate surface area is 168 Å². The van der Waals surface area contributed by atoms with Gasteiger partial charge in [0.1, 0.15) is 5.75 Å². The van der Waals surface area contributed by atoms with E-state index in [1.165, 1.54) is 12.0 Å². The van der Waals surface area contributed by atoms with Gasteiger partial charge in [-0.05, 0) is 30.7 Å². The lowest BCUT2D eigenvalue weighted by molar-refractivity contribution is -0.142. The molecule has 0 bridgehead atoms. The molecule has 3 amide bonds. The van der Waals surface area contributed by atoms with Gasteiger partial charge in [0.25, 0.3) is 5.91 Å². The summed E-state index contributed by atoms with van der Waals surface area (Å²) in [7, 11) is 1.49. The normalized spacial score (nSPS) is 15.4. The maximum absolute atomic E-state index is 12.9. The number of nitrogens with one attached hydrogen (secondary N) is 2. The number of aliphatic carboxylic acids is 1. The highest BCUT2D eigenvalue weighted by molar-refractivity contribution is 6.00. The molecule has 152 valence electrons. The molecule has 8 nitrogen and oxygen atoms in total. The van der Waals surface area contributed by atoms with Crippen molar-refractivity contribution in [3.63, 3.8) is 0 Å². The lowest BCUT2D eigenvalue weighted by Gasteiger charge is -2.24. The van der Waals surface area contributed by atoms with Crippen LogP contribution in [-0.2, 0) is 4.79 Å². The molecule has 3 rings (SSSR count). The number of anilines is 1. The summed E-state index contributed by atoms with van der Waals surface area (Å²) in [6.07, 6.45) is 0. The van der Waals surface area contributed by atoms with Gasteiger partial charge in [0.05, 0.1) is 24.8 Å². The first-order chi connectivity index (χ1) is 13.9. The lowest BCUT2D eigenvalue weighted by Crippen LogP contribution is -2.35. The van der Waals surface area contributed by atoms with E-state index in [1.54, 1.807) is 49.4 Å². The van der Waals surface area contributed by atoms with Crippen LogP contribution in [0.25, 0.3) is 0 Å². The Bertz CT molecular complexity index is 916. The number of urea groups is 1. The Morgan fingerprint density at radius 3 is 2.52 bits per heavy atom. The van der Waals surface area contributed by atoms with E-state index in [0.717, 1.165) is 0 Å². The molecule has 2 atom stereocenters. The molecule has 3 N–H and O–H groups in total. The number of carbonyl (C=O) groups is 3. The summed E-state index contributed by atoms with van der Waals surface area (Å²) in [4.78, 5) is 38.0. The summed E-state index contributed by atoms with van der Waals surface area (Å²) in [6, 6.07) is 12.8. The molecule has 1 fully saturated rings. The van der Waals surface area contributed by atoms with Crippen LogP contribution >= 0.6 is 0 Å². The Balaban J connectivity index is 1.90. The SMILES string of the molecule is COc1ccc(C(=O)NC(c2ccccc2)C(C)C(=O)O)cc1N1CCNC1=O. The highest BCUT2D eigenvalue weighted by Gasteiger charge is 2.29. The summed E-state index contributed by atoms with van der Waals surface area (Å²) in [5.74, 6) is -1.81. The molecule has 1 aliphatic rings. The molecule has 0 aliphatic carbocycles. The molecule has 8 heteroatoms. The second kappa shape index (κ2) is 8.64. The standard InChI is InChI=1S/C21H23N3O5/c1-13(20(26)27)18(14-6-4-3-5-7-14)23-19(25)15-8-9-17(29-2)16(12-15)24-11-10-22-21(24)28/h3-9,12-13,18H,10-11H2,1-2H3,(H,22,28)(H,23,25)(H,26,27). The van der Waals surface area contributed by atoms with E-state index >= 15 is 0 Å². The topological polar surface area (TPSA) is 108 Å². The van der Waals surface area contributed by atoms with Gasteiger partial charge in [-0.15, -0.1) is 0 Å². The first kappa shape index (κ1) is 20.2. The summed E-state index contributed by atoms with van der Waals surface area (Å²) in [5.41, 5.74) is 1.49. The third kappa shape index (κ3) is 4.31. The average molecular weight is 397 g/mol. The van der Waals surface area contributed by atoms with Crippen molar-refractivity contribution in [3.8, 4) is 5.75 Å². The fourth-order valence-electron chi connectivity index (χ4n) is 3.27. The minimum Gasteiger partial charge on any atom is -0.495 e. The van der Waals surface area contributed by atoms with Gasteiger partial charge in [0.15, 0.2) is 0 Å². The Morgan fingerprint density at radius 2 is 1.93 bits per heavy atom. The number of methoxy groups -OCH3 is 1. The minimum absolute atomic E-state index is 0.262. The van der Waals surface area contributed by atoms with Crippen LogP contribution < -0.4 is 20.3 Å². The van der Waals surface area contributed by atoms with E-state index in [9.17, 15) is 19.5 Å².